The molecule has 0 aliphatic heterocycles. The van der Waals surface area contributed by atoms with Crippen molar-refractivity contribution in [3.8, 4) is 0 Å². The third-order valence-electron chi connectivity index (χ3n) is 1.35. The molecule has 0 saturated heterocycles. The van der Waals surface area contributed by atoms with Crippen molar-refractivity contribution in [3.63, 3.8) is 0 Å². The fraction of sp³-hybridized carbons (Fsp3) is 0.444. The third-order valence-corrected chi connectivity index (χ3v) is 2.08. The van der Waals surface area contributed by atoms with Gasteiger partial charge in [-0.15, -0.1) is 0 Å². The molecule has 0 aliphatic carbocycles. The van der Waals surface area contributed by atoms with Gasteiger partial charge in [0.15, 0.2) is 0 Å². The van der Waals surface area contributed by atoms with E-state index in [1.165, 1.54) is 0 Å². The van der Waals surface area contributed by atoms with Gasteiger partial charge in [0.1, 0.15) is 0 Å². The predicted octanol–water partition coefficient (Wildman–Crippen LogP) is 2.76. The maximum atomic E-state index is 9.81. The summed E-state index contributed by atoms with van der Waals surface area (Å²) < 4.78 is 0.386. The Balaban J connectivity index is 4.16. The molecule has 0 heterocycles. The molecule has 0 rings (SSSR count). The smallest absolute Gasteiger partial charge is 0.0993 e. The van der Waals surface area contributed by atoms with Gasteiger partial charge >= 0.3 is 0 Å². The van der Waals surface area contributed by atoms with E-state index >= 15 is 0 Å². The summed E-state index contributed by atoms with van der Waals surface area (Å²) in [5.41, 5.74) is 0. The second kappa shape index (κ2) is 8.10. The maximum absolute atomic E-state index is 9.81. The summed E-state index contributed by atoms with van der Waals surface area (Å²) in [4.78, 5) is 14.0. The molecular weight excluding hydrogens is 279 g/mol. The van der Waals surface area contributed by atoms with Gasteiger partial charge in [-0.2, -0.15) is 4.91 Å². The molecule has 0 aromatic heterocycles. The highest BCUT2D eigenvalue weighted by Gasteiger charge is 2.07. The van der Waals surface area contributed by atoms with Gasteiger partial charge in [-0.1, -0.05) is 59.5 Å². The molecule has 0 aromatic rings. The quantitative estimate of drug-likeness (QED) is 0.244. The lowest BCUT2D eigenvalue weighted by Gasteiger charge is -2.08. The van der Waals surface area contributed by atoms with Gasteiger partial charge in [-0.3, -0.25) is 4.99 Å². The largest absolute Gasteiger partial charge is 0.285 e. The second-order valence-electron chi connectivity index (χ2n) is 2.44. The van der Waals surface area contributed by atoms with Crippen LogP contribution in [0.1, 0.15) is 6.92 Å². The molecule has 0 saturated carbocycles. The molecule has 0 amide bonds. The average molecular weight is 292 g/mol. The SMILES string of the molecule is C=C/C=N\C(/C=C/CN=O)C(C)I. The molecule has 4 heteroatoms. The van der Waals surface area contributed by atoms with Crippen LogP contribution in [0.4, 0.5) is 0 Å². The summed E-state index contributed by atoms with van der Waals surface area (Å²) in [6.07, 6.45) is 6.92. The Morgan fingerprint density at radius 2 is 2.31 bits per heavy atom. The first kappa shape index (κ1) is 12.5. The summed E-state index contributed by atoms with van der Waals surface area (Å²) in [5.74, 6) is 0. The van der Waals surface area contributed by atoms with Gasteiger partial charge in [0.05, 0.1) is 12.6 Å². The molecule has 3 nitrogen and oxygen atoms in total. The molecule has 0 N–H and O–H groups in total. The van der Waals surface area contributed by atoms with Crippen molar-refractivity contribution in [2.75, 3.05) is 6.54 Å². The summed E-state index contributed by atoms with van der Waals surface area (Å²) in [6, 6.07) is 0.0975. The number of alkyl halides is 1. The molecule has 0 spiro atoms. The van der Waals surface area contributed by atoms with Crippen LogP contribution in [0.25, 0.3) is 0 Å². The molecule has 0 fully saturated rings. The van der Waals surface area contributed by atoms with Crippen LogP contribution in [-0.2, 0) is 0 Å². The van der Waals surface area contributed by atoms with Gasteiger partial charge in [0, 0.05) is 10.1 Å². The number of aliphatic imine (C=N–C) groups is 1. The zero-order valence-electron chi connectivity index (χ0n) is 7.56. The molecular formula is C9H13IN2O. The number of halogens is 1. The second-order valence-corrected chi connectivity index (χ2v) is 4.41. The Kier molecular flexibility index (Phi) is 7.77. The van der Waals surface area contributed by atoms with Crippen molar-refractivity contribution in [1.82, 2.24) is 0 Å². The number of nitroso groups, excluding NO2 is 1. The van der Waals surface area contributed by atoms with Gasteiger partial charge in [-0.25, -0.2) is 0 Å². The summed E-state index contributed by atoms with van der Waals surface area (Å²) in [6.45, 7) is 5.82. The summed E-state index contributed by atoms with van der Waals surface area (Å²) in [7, 11) is 0. The minimum absolute atomic E-state index is 0.0975. The highest BCUT2D eigenvalue weighted by molar-refractivity contribution is 14.1. The van der Waals surface area contributed by atoms with Crippen LogP contribution < -0.4 is 0 Å². The molecule has 2 atom stereocenters. The monoisotopic (exact) mass is 292 g/mol. The molecule has 0 radical (unpaired) electrons. The van der Waals surface area contributed by atoms with Crippen LogP contribution in [-0.4, -0.2) is 22.7 Å². The number of allylic oxidation sites excluding steroid dienone is 1. The normalized spacial score (nSPS) is 16.2. The van der Waals surface area contributed by atoms with E-state index in [-0.39, 0.29) is 12.6 Å². The zero-order chi connectivity index (χ0) is 10.1. The van der Waals surface area contributed by atoms with E-state index in [9.17, 15) is 4.91 Å². The van der Waals surface area contributed by atoms with E-state index in [1.807, 2.05) is 6.08 Å². The lowest BCUT2D eigenvalue weighted by molar-refractivity contribution is 0.827. The highest BCUT2D eigenvalue weighted by Crippen LogP contribution is 2.10. The minimum atomic E-state index is 0.0975. The Morgan fingerprint density at radius 1 is 1.62 bits per heavy atom. The topological polar surface area (TPSA) is 41.8 Å². The number of rotatable bonds is 6. The van der Waals surface area contributed by atoms with Crippen LogP contribution in [0.2, 0.25) is 0 Å². The lowest BCUT2D eigenvalue weighted by atomic mass is 10.2. The van der Waals surface area contributed by atoms with E-state index in [0.29, 0.717) is 3.92 Å². The highest BCUT2D eigenvalue weighted by atomic mass is 127. The van der Waals surface area contributed by atoms with Crippen molar-refractivity contribution >= 4 is 28.8 Å². The minimum Gasteiger partial charge on any atom is -0.285 e. The van der Waals surface area contributed by atoms with Crippen molar-refractivity contribution in [1.29, 1.82) is 0 Å². The van der Waals surface area contributed by atoms with Crippen LogP contribution in [0.3, 0.4) is 0 Å². The Hall–Kier alpha value is -0.520. The van der Waals surface area contributed by atoms with E-state index in [2.05, 4.69) is 46.3 Å². The zero-order valence-corrected chi connectivity index (χ0v) is 9.72. The van der Waals surface area contributed by atoms with E-state index in [1.54, 1.807) is 18.4 Å². The van der Waals surface area contributed by atoms with E-state index in [4.69, 9.17) is 0 Å². The Bertz CT molecular complexity index is 212. The fourth-order valence-electron chi connectivity index (χ4n) is 0.725. The van der Waals surface area contributed by atoms with Crippen LogP contribution >= 0.6 is 22.6 Å². The van der Waals surface area contributed by atoms with Crippen molar-refractivity contribution in [2.24, 2.45) is 10.2 Å². The van der Waals surface area contributed by atoms with Crippen molar-refractivity contribution in [3.05, 3.63) is 29.7 Å². The first-order valence-corrected chi connectivity index (χ1v) is 5.21. The van der Waals surface area contributed by atoms with Crippen molar-refractivity contribution in [2.45, 2.75) is 16.9 Å². The fourth-order valence-corrected chi connectivity index (χ4v) is 1.15. The Morgan fingerprint density at radius 3 is 2.77 bits per heavy atom. The first-order chi connectivity index (χ1) is 6.22. The molecule has 72 valence electrons. The van der Waals surface area contributed by atoms with Crippen molar-refractivity contribution < 1.29 is 0 Å². The number of nitrogens with zero attached hydrogens (tertiary/aromatic N) is 2. The van der Waals surface area contributed by atoms with Gasteiger partial charge < -0.3 is 0 Å². The molecule has 2 unspecified atom stereocenters. The standard InChI is InChI=1S/C9H13IN2O/c1-3-6-11-9(8(2)10)5-4-7-12-13/h3-6,8-9H,1,7H2,2H3/b5-4+,11-6-. The predicted molar refractivity (Wildman–Crippen MR) is 65.8 cm³/mol. The van der Waals surface area contributed by atoms with Crippen LogP contribution in [0.15, 0.2) is 35.0 Å². The first-order valence-electron chi connectivity index (χ1n) is 3.96. The summed E-state index contributed by atoms with van der Waals surface area (Å²) in [5, 5.41) is 2.74. The van der Waals surface area contributed by atoms with E-state index < -0.39 is 0 Å². The van der Waals surface area contributed by atoms with Gasteiger partial charge in [-0.05, 0) is 0 Å². The molecule has 0 aromatic carbocycles. The molecule has 0 bridgehead atoms. The summed E-state index contributed by atoms with van der Waals surface area (Å²) >= 11 is 2.29. The number of hydrogen-bond acceptors (Lipinski definition) is 3. The van der Waals surface area contributed by atoms with Gasteiger partial charge in [0.2, 0.25) is 0 Å². The average Bonchev–Trinajstić information content (AvgIpc) is 2.10. The lowest BCUT2D eigenvalue weighted by Crippen LogP contribution is -2.12. The van der Waals surface area contributed by atoms with Gasteiger partial charge in [0.25, 0.3) is 0 Å². The maximum Gasteiger partial charge on any atom is 0.0993 e. The molecule has 13 heavy (non-hydrogen) atoms. The van der Waals surface area contributed by atoms with Crippen LogP contribution in [0, 0.1) is 4.91 Å². The van der Waals surface area contributed by atoms with Crippen LogP contribution in [0.5, 0.6) is 0 Å². The third kappa shape index (κ3) is 6.62. The number of hydrogen-bond donors (Lipinski definition) is 0. The molecule has 0 aliphatic rings. The Labute approximate surface area is 92.1 Å². The van der Waals surface area contributed by atoms with E-state index in [0.717, 1.165) is 0 Å².